The number of alkyl halides is 2. The fourth-order valence-corrected chi connectivity index (χ4v) is 0.989. The van der Waals surface area contributed by atoms with Gasteiger partial charge in [-0.3, -0.25) is 9.59 Å². The summed E-state index contributed by atoms with van der Waals surface area (Å²) < 4.78 is 36.7. The van der Waals surface area contributed by atoms with Gasteiger partial charge in [0.05, 0.1) is 5.56 Å². The monoisotopic (exact) mass is 232 g/mol. The van der Waals surface area contributed by atoms with Gasteiger partial charge in [-0.15, -0.1) is 0 Å². The standard InChI is InChI=1S/C9H7F3N2O2/c10-6-2-1-4(3-5(6)8(13)15)14-9(16)7(11)12/h1-3,7H,(H2,13,15)(H,14,16). The van der Waals surface area contributed by atoms with Crippen molar-refractivity contribution in [1.82, 2.24) is 0 Å². The molecule has 0 aliphatic rings. The second-order valence-corrected chi connectivity index (χ2v) is 2.85. The van der Waals surface area contributed by atoms with Gasteiger partial charge in [0.15, 0.2) is 0 Å². The molecule has 1 aromatic rings. The largest absolute Gasteiger partial charge is 0.366 e. The van der Waals surface area contributed by atoms with Crippen molar-refractivity contribution in [3.05, 3.63) is 29.6 Å². The number of nitrogens with two attached hydrogens (primary N) is 1. The van der Waals surface area contributed by atoms with Gasteiger partial charge < -0.3 is 11.1 Å². The van der Waals surface area contributed by atoms with Gasteiger partial charge in [0, 0.05) is 5.69 Å². The van der Waals surface area contributed by atoms with E-state index in [4.69, 9.17) is 5.73 Å². The van der Waals surface area contributed by atoms with Crippen LogP contribution in [0.2, 0.25) is 0 Å². The molecule has 2 amide bonds. The Morgan fingerprint density at radius 2 is 1.94 bits per heavy atom. The lowest BCUT2D eigenvalue weighted by Gasteiger charge is -2.06. The summed E-state index contributed by atoms with van der Waals surface area (Å²) in [6.07, 6.45) is -3.19. The summed E-state index contributed by atoms with van der Waals surface area (Å²) in [7, 11) is 0. The SMILES string of the molecule is NC(=O)c1cc(NC(=O)C(F)F)ccc1F. The van der Waals surface area contributed by atoms with Crippen LogP contribution in [-0.2, 0) is 4.79 Å². The third kappa shape index (κ3) is 2.72. The van der Waals surface area contributed by atoms with Gasteiger partial charge in [-0.25, -0.2) is 4.39 Å². The lowest BCUT2D eigenvalue weighted by Crippen LogP contribution is -2.21. The van der Waals surface area contributed by atoms with Crippen molar-refractivity contribution in [2.24, 2.45) is 5.73 Å². The van der Waals surface area contributed by atoms with Crippen LogP contribution in [0.25, 0.3) is 0 Å². The van der Waals surface area contributed by atoms with E-state index in [2.05, 4.69) is 0 Å². The maximum absolute atomic E-state index is 13.0. The second-order valence-electron chi connectivity index (χ2n) is 2.85. The van der Waals surface area contributed by atoms with Gasteiger partial charge in [-0.1, -0.05) is 0 Å². The molecular formula is C9H7F3N2O2. The van der Waals surface area contributed by atoms with E-state index in [1.165, 1.54) is 0 Å². The topological polar surface area (TPSA) is 72.2 Å². The Hall–Kier alpha value is -2.05. The molecule has 7 heteroatoms. The molecule has 16 heavy (non-hydrogen) atoms. The highest BCUT2D eigenvalue weighted by Crippen LogP contribution is 2.15. The molecule has 0 saturated heterocycles. The summed E-state index contributed by atoms with van der Waals surface area (Å²) in [5, 5.41) is 1.80. The number of benzene rings is 1. The summed E-state index contributed by atoms with van der Waals surface area (Å²) in [5.74, 6) is -3.48. The van der Waals surface area contributed by atoms with Crippen LogP contribution in [0, 0.1) is 5.82 Å². The van der Waals surface area contributed by atoms with E-state index in [-0.39, 0.29) is 5.69 Å². The molecule has 0 aliphatic heterocycles. The first kappa shape index (κ1) is 12.0. The maximum atomic E-state index is 13.0. The summed E-state index contributed by atoms with van der Waals surface area (Å²) >= 11 is 0. The van der Waals surface area contributed by atoms with Crippen LogP contribution in [0.4, 0.5) is 18.9 Å². The molecule has 0 fully saturated rings. The molecule has 0 bridgehead atoms. The number of carbonyl (C=O) groups is 2. The molecule has 86 valence electrons. The Labute approximate surface area is 88.2 Å². The Bertz CT molecular complexity index is 435. The first-order chi connectivity index (χ1) is 7.41. The molecule has 0 saturated carbocycles. The Balaban J connectivity index is 2.95. The van der Waals surface area contributed by atoms with E-state index < -0.39 is 29.6 Å². The van der Waals surface area contributed by atoms with E-state index in [0.29, 0.717) is 0 Å². The minimum atomic E-state index is -3.19. The molecular weight excluding hydrogens is 225 g/mol. The van der Waals surface area contributed by atoms with Crippen LogP contribution >= 0.6 is 0 Å². The van der Waals surface area contributed by atoms with Crippen molar-refractivity contribution in [3.63, 3.8) is 0 Å². The first-order valence-corrected chi connectivity index (χ1v) is 4.10. The Kier molecular flexibility index (Phi) is 3.49. The number of halogens is 3. The maximum Gasteiger partial charge on any atom is 0.315 e. The van der Waals surface area contributed by atoms with Gasteiger partial charge >= 0.3 is 6.43 Å². The zero-order valence-electron chi connectivity index (χ0n) is 7.84. The smallest absolute Gasteiger partial charge is 0.315 e. The van der Waals surface area contributed by atoms with Crippen LogP contribution in [0.15, 0.2) is 18.2 Å². The third-order valence-electron chi connectivity index (χ3n) is 1.70. The predicted molar refractivity (Wildman–Crippen MR) is 49.6 cm³/mol. The molecule has 0 spiro atoms. The number of hydrogen-bond donors (Lipinski definition) is 2. The van der Waals surface area contributed by atoms with Crippen molar-refractivity contribution < 1.29 is 22.8 Å². The number of anilines is 1. The molecule has 0 atom stereocenters. The quantitative estimate of drug-likeness (QED) is 0.819. The second kappa shape index (κ2) is 4.65. The number of hydrogen-bond acceptors (Lipinski definition) is 2. The first-order valence-electron chi connectivity index (χ1n) is 4.10. The highest BCUT2D eigenvalue weighted by molar-refractivity contribution is 5.97. The Morgan fingerprint density at radius 1 is 1.31 bits per heavy atom. The zero-order valence-corrected chi connectivity index (χ0v) is 7.84. The van der Waals surface area contributed by atoms with Gasteiger partial charge in [0.25, 0.3) is 11.8 Å². The van der Waals surface area contributed by atoms with Crippen molar-refractivity contribution >= 4 is 17.5 Å². The fraction of sp³-hybridized carbons (Fsp3) is 0.111. The predicted octanol–water partition coefficient (Wildman–Crippen LogP) is 1.13. The van der Waals surface area contributed by atoms with Crippen LogP contribution in [0.1, 0.15) is 10.4 Å². The van der Waals surface area contributed by atoms with Crippen molar-refractivity contribution in [2.75, 3.05) is 5.32 Å². The van der Waals surface area contributed by atoms with Gasteiger partial charge in [0.1, 0.15) is 5.82 Å². The number of primary amides is 1. The van der Waals surface area contributed by atoms with Gasteiger partial charge in [-0.05, 0) is 18.2 Å². The summed E-state index contributed by atoms with van der Waals surface area (Å²) in [4.78, 5) is 21.3. The molecule has 0 heterocycles. The number of amides is 2. The highest BCUT2D eigenvalue weighted by Gasteiger charge is 2.16. The third-order valence-corrected chi connectivity index (χ3v) is 1.70. The van der Waals surface area contributed by atoms with Crippen molar-refractivity contribution in [1.29, 1.82) is 0 Å². The van der Waals surface area contributed by atoms with Crippen molar-refractivity contribution in [3.8, 4) is 0 Å². The normalized spacial score (nSPS) is 10.2. The fourth-order valence-electron chi connectivity index (χ4n) is 0.989. The summed E-state index contributed by atoms with van der Waals surface area (Å²) in [6, 6.07) is 2.78. The average Bonchev–Trinajstić information content (AvgIpc) is 2.20. The molecule has 4 nitrogen and oxygen atoms in total. The van der Waals surface area contributed by atoms with Gasteiger partial charge in [-0.2, -0.15) is 8.78 Å². The van der Waals surface area contributed by atoms with E-state index in [1.807, 2.05) is 0 Å². The minimum absolute atomic E-state index is 0.125. The van der Waals surface area contributed by atoms with Crippen LogP contribution in [0.5, 0.6) is 0 Å². The molecule has 1 aromatic carbocycles. The lowest BCUT2D eigenvalue weighted by atomic mass is 10.2. The molecule has 0 unspecified atom stereocenters. The molecule has 0 aromatic heterocycles. The average molecular weight is 232 g/mol. The van der Waals surface area contributed by atoms with E-state index in [1.54, 1.807) is 5.32 Å². The van der Waals surface area contributed by atoms with Crippen LogP contribution in [0.3, 0.4) is 0 Å². The van der Waals surface area contributed by atoms with Crippen molar-refractivity contribution in [2.45, 2.75) is 6.43 Å². The van der Waals surface area contributed by atoms with E-state index in [9.17, 15) is 22.8 Å². The van der Waals surface area contributed by atoms with Crippen LogP contribution in [-0.4, -0.2) is 18.2 Å². The summed E-state index contributed by atoms with van der Waals surface area (Å²) in [5.41, 5.74) is 4.23. The lowest BCUT2D eigenvalue weighted by molar-refractivity contribution is -0.126. The van der Waals surface area contributed by atoms with Gasteiger partial charge in [0.2, 0.25) is 0 Å². The minimum Gasteiger partial charge on any atom is -0.366 e. The number of carbonyl (C=O) groups excluding carboxylic acids is 2. The number of rotatable bonds is 3. The molecule has 1 rings (SSSR count). The molecule has 0 radical (unpaired) electrons. The molecule has 3 N–H and O–H groups in total. The highest BCUT2D eigenvalue weighted by atomic mass is 19.3. The van der Waals surface area contributed by atoms with E-state index >= 15 is 0 Å². The Morgan fingerprint density at radius 3 is 2.44 bits per heavy atom. The zero-order chi connectivity index (χ0) is 12.3. The van der Waals surface area contributed by atoms with E-state index in [0.717, 1.165) is 18.2 Å². The molecule has 0 aliphatic carbocycles. The number of nitrogens with one attached hydrogen (secondary N) is 1. The van der Waals surface area contributed by atoms with Crippen LogP contribution < -0.4 is 11.1 Å². The summed E-state index contributed by atoms with van der Waals surface area (Å²) in [6.45, 7) is 0.